The van der Waals surface area contributed by atoms with Crippen LogP contribution in [0.2, 0.25) is 0 Å². The molecule has 1 N–H and O–H groups in total. The second kappa shape index (κ2) is 12.7. The van der Waals surface area contributed by atoms with E-state index in [0.29, 0.717) is 28.7 Å². The summed E-state index contributed by atoms with van der Waals surface area (Å²) >= 11 is 0. The van der Waals surface area contributed by atoms with Crippen molar-refractivity contribution < 1.29 is 33.2 Å². The number of methoxy groups -OCH3 is 6. The van der Waals surface area contributed by atoms with Crippen molar-refractivity contribution in [3.8, 4) is 28.7 Å². The van der Waals surface area contributed by atoms with Crippen molar-refractivity contribution in [2.75, 3.05) is 56.8 Å². The molecule has 8 heteroatoms. The number of allylic oxidation sites excluding steroid dienone is 2. The zero-order valence-corrected chi connectivity index (χ0v) is 22.0. The monoisotopic (exact) mass is 485 g/mol. The van der Waals surface area contributed by atoms with E-state index in [4.69, 9.17) is 28.4 Å². The molecule has 0 atom stereocenters. The van der Waals surface area contributed by atoms with E-state index in [2.05, 4.69) is 5.32 Å². The number of ether oxygens (including phenoxy) is 6. The quantitative estimate of drug-likeness (QED) is 0.549. The molecule has 0 spiro atoms. The first-order valence-corrected chi connectivity index (χ1v) is 11.0. The number of carbonyl (C=O) groups excluding carboxylic acids is 1. The number of rotatable bonds is 8. The van der Waals surface area contributed by atoms with Crippen molar-refractivity contribution in [1.29, 1.82) is 0 Å². The fourth-order valence-electron chi connectivity index (χ4n) is 3.90. The zero-order chi connectivity index (χ0) is 26.1. The van der Waals surface area contributed by atoms with Gasteiger partial charge in [0, 0.05) is 0 Å². The molecule has 1 aliphatic rings. The molecular weight excluding hydrogens is 450 g/mol. The van der Waals surface area contributed by atoms with E-state index in [0.717, 1.165) is 33.4 Å². The largest absolute Gasteiger partial charge is 0.493 e. The minimum absolute atomic E-state index is 0.150. The molecule has 1 aliphatic carbocycles. The van der Waals surface area contributed by atoms with Gasteiger partial charge in [0.05, 0.1) is 49.1 Å². The summed E-state index contributed by atoms with van der Waals surface area (Å²) in [7, 11) is 13.0. The highest BCUT2D eigenvalue weighted by Crippen LogP contribution is 2.48. The van der Waals surface area contributed by atoms with Gasteiger partial charge in [0.1, 0.15) is 0 Å². The second-order valence-corrected chi connectivity index (χ2v) is 7.63. The Balaban J connectivity index is 0.00000137. The molecule has 0 fully saturated rings. The van der Waals surface area contributed by atoms with Gasteiger partial charge in [0.25, 0.3) is 0 Å². The molecule has 0 amide bonds. The topological polar surface area (TPSA) is 84.5 Å². The van der Waals surface area contributed by atoms with Gasteiger partial charge >= 0.3 is 5.97 Å². The third-order valence-electron chi connectivity index (χ3n) is 5.54. The summed E-state index contributed by atoms with van der Waals surface area (Å²) in [5, 5.41) is 2.75. The van der Waals surface area contributed by atoms with Crippen LogP contribution in [0.25, 0.3) is 17.2 Å². The molecule has 35 heavy (non-hydrogen) atoms. The lowest BCUT2D eigenvalue weighted by Gasteiger charge is -2.14. The van der Waals surface area contributed by atoms with Gasteiger partial charge in [0.15, 0.2) is 23.0 Å². The van der Waals surface area contributed by atoms with Gasteiger partial charge in [-0.05, 0) is 84.8 Å². The number of benzene rings is 2. The molecule has 0 heterocycles. The summed E-state index contributed by atoms with van der Waals surface area (Å²) in [5.74, 6) is 2.52. The molecule has 2 aromatic rings. The minimum atomic E-state index is -0.311. The van der Waals surface area contributed by atoms with E-state index in [1.807, 2.05) is 51.4 Å². The van der Waals surface area contributed by atoms with E-state index in [1.165, 1.54) is 7.11 Å². The SMILES string of the molecule is CNC.COC(=O)CC1=C(C)/C(=C/c2cc(OC)c(OC)c(OC)c2)c2cc(OC)c(OC)cc21. The van der Waals surface area contributed by atoms with E-state index in [-0.39, 0.29) is 12.4 Å². The van der Waals surface area contributed by atoms with Crippen LogP contribution in [0.1, 0.15) is 30.0 Å². The number of esters is 1. The molecule has 8 nitrogen and oxygen atoms in total. The summed E-state index contributed by atoms with van der Waals surface area (Å²) in [5.41, 5.74) is 5.50. The van der Waals surface area contributed by atoms with Gasteiger partial charge in [0.2, 0.25) is 5.75 Å². The Labute approximate surface area is 207 Å². The Morgan fingerprint density at radius 2 is 1.26 bits per heavy atom. The van der Waals surface area contributed by atoms with Crippen LogP contribution in [0.5, 0.6) is 28.7 Å². The normalized spacial score (nSPS) is 13.0. The summed E-state index contributed by atoms with van der Waals surface area (Å²) in [6.07, 6.45) is 2.17. The molecule has 0 bridgehead atoms. The van der Waals surface area contributed by atoms with Crippen LogP contribution >= 0.6 is 0 Å². The van der Waals surface area contributed by atoms with Crippen molar-refractivity contribution in [3.05, 3.63) is 46.5 Å². The first-order valence-electron chi connectivity index (χ1n) is 11.0. The average Bonchev–Trinajstić information content (AvgIpc) is 3.12. The number of hydrogen-bond donors (Lipinski definition) is 1. The van der Waals surface area contributed by atoms with Gasteiger partial charge in [-0.2, -0.15) is 0 Å². The van der Waals surface area contributed by atoms with E-state index in [1.54, 1.807) is 35.5 Å². The predicted octanol–water partition coefficient (Wildman–Crippen LogP) is 4.46. The van der Waals surface area contributed by atoms with Gasteiger partial charge in [-0.25, -0.2) is 0 Å². The molecular formula is C27H35NO7. The molecule has 0 aliphatic heterocycles. The number of hydrogen-bond acceptors (Lipinski definition) is 8. The lowest BCUT2D eigenvalue weighted by atomic mass is 9.99. The fraction of sp³-hybridized carbons (Fsp3) is 0.370. The van der Waals surface area contributed by atoms with Crippen LogP contribution in [0.4, 0.5) is 0 Å². The maximum Gasteiger partial charge on any atom is 0.310 e. The van der Waals surface area contributed by atoms with Gasteiger partial charge < -0.3 is 33.7 Å². The van der Waals surface area contributed by atoms with Crippen LogP contribution in [0, 0.1) is 0 Å². The van der Waals surface area contributed by atoms with Gasteiger partial charge in [-0.15, -0.1) is 0 Å². The molecule has 0 saturated carbocycles. The van der Waals surface area contributed by atoms with Crippen molar-refractivity contribution in [3.63, 3.8) is 0 Å². The van der Waals surface area contributed by atoms with Crippen LogP contribution in [0.15, 0.2) is 29.8 Å². The number of nitrogens with one attached hydrogen (secondary N) is 1. The Hall–Kier alpha value is -3.65. The van der Waals surface area contributed by atoms with E-state index in [9.17, 15) is 4.79 Å². The van der Waals surface area contributed by atoms with Crippen LogP contribution in [-0.4, -0.2) is 62.7 Å². The molecule has 0 saturated heterocycles. The highest BCUT2D eigenvalue weighted by atomic mass is 16.5. The Morgan fingerprint density at radius 1 is 0.771 bits per heavy atom. The van der Waals surface area contributed by atoms with Crippen molar-refractivity contribution >= 4 is 23.2 Å². The van der Waals surface area contributed by atoms with E-state index >= 15 is 0 Å². The highest BCUT2D eigenvalue weighted by molar-refractivity contribution is 6.08. The first-order chi connectivity index (χ1) is 16.8. The highest BCUT2D eigenvalue weighted by Gasteiger charge is 2.28. The van der Waals surface area contributed by atoms with Crippen molar-refractivity contribution in [2.24, 2.45) is 0 Å². The summed E-state index contributed by atoms with van der Waals surface area (Å²) < 4.78 is 32.3. The summed E-state index contributed by atoms with van der Waals surface area (Å²) in [4.78, 5) is 12.1. The van der Waals surface area contributed by atoms with E-state index < -0.39 is 0 Å². The molecule has 190 valence electrons. The van der Waals surface area contributed by atoms with Gasteiger partial charge in [-0.3, -0.25) is 4.79 Å². The Kier molecular flexibility index (Phi) is 10.0. The molecule has 0 aromatic heterocycles. The Bertz CT molecular complexity index is 1090. The van der Waals surface area contributed by atoms with Crippen LogP contribution in [-0.2, 0) is 9.53 Å². The third kappa shape index (κ3) is 5.89. The maximum absolute atomic E-state index is 12.1. The molecule has 0 radical (unpaired) electrons. The fourth-order valence-corrected chi connectivity index (χ4v) is 3.90. The van der Waals surface area contributed by atoms with Crippen molar-refractivity contribution in [1.82, 2.24) is 5.32 Å². The lowest BCUT2D eigenvalue weighted by Crippen LogP contribution is -2.02. The first kappa shape index (κ1) is 27.6. The molecule has 0 unspecified atom stereocenters. The standard InChI is InChI=1S/C25H28O7.C2H7N/c1-14-16(8-15-9-22(29-4)25(32-7)23(10-15)30-5)18-11-20(27-2)21(28-3)12-19(18)17(14)13-24(26)31-6;1-3-2/h8-12H,13H2,1-7H3;3H,1-2H3/b16-8-;. The summed E-state index contributed by atoms with van der Waals surface area (Å²) in [6.45, 7) is 1.99. The lowest BCUT2D eigenvalue weighted by molar-refractivity contribution is -0.139. The smallest absolute Gasteiger partial charge is 0.310 e. The zero-order valence-electron chi connectivity index (χ0n) is 22.0. The average molecular weight is 486 g/mol. The second-order valence-electron chi connectivity index (χ2n) is 7.63. The minimum Gasteiger partial charge on any atom is -0.493 e. The van der Waals surface area contributed by atoms with Crippen LogP contribution < -0.4 is 29.0 Å². The summed E-state index contributed by atoms with van der Waals surface area (Å²) in [6, 6.07) is 7.57. The van der Waals surface area contributed by atoms with Gasteiger partial charge in [-0.1, -0.05) is 0 Å². The Morgan fingerprint density at radius 3 is 1.69 bits per heavy atom. The molecule has 2 aromatic carbocycles. The maximum atomic E-state index is 12.1. The van der Waals surface area contributed by atoms with Crippen LogP contribution in [0.3, 0.4) is 0 Å². The number of fused-ring (bicyclic) bond motifs is 1. The predicted molar refractivity (Wildman–Crippen MR) is 138 cm³/mol. The van der Waals surface area contributed by atoms with Crippen molar-refractivity contribution in [2.45, 2.75) is 13.3 Å². The molecule has 3 rings (SSSR count). The number of carbonyl (C=O) groups is 1. The third-order valence-corrected chi connectivity index (χ3v) is 5.54.